The number of rotatable bonds is 5. The molecule has 0 spiro atoms. The molecule has 0 saturated heterocycles. The summed E-state index contributed by atoms with van der Waals surface area (Å²) in [5.41, 5.74) is 5.93. The fourth-order valence-corrected chi connectivity index (χ4v) is 1.55. The fourth-order valence-electron chi connectivity index (χ4n) is 1.32. The van der Waals surface area contributed by atoms with Crippen molar-refractivity contribution in [3.63, 3.8) is 0 Å². The lowest BCUT2D eigenvalue weighted by atomic mass is 10.2. The Morgan fingerprint density at radius 1 is 1.56 bits per heavy atom. The summed E-state index contributed by atoms with van der Waals surface area (Å²) in [4.78, 5) is 12.5. The number of hydrogen-bond acceptors (Lipinski definition) is 3. The maximum Gasteiger partial charge on any atom is 0.236 e. The average Bonchev–Trinajstić information content (AvgIpc) is 2.20. The zero-order valence-electron chi connectivity index (χ0n) is 9.37. The number of nitrogens with zero attached hydrogens (tertiary/aromatic N) is 1. The van der Waals surface area contributed by atoms with E-state index in [1.54, 1.807) is 24.1 Å². The van der Waals surface area contributed by atoms with Crippen LogP contribution in [0.25, 0.3) is 0 Å². The number of halogens is 1. The third-order valence-electron chi connectivity index (χ3n) is 2.05. The van der Waals surface area contributed by atoms with Gasteiger partial charge in [0.1, 0.15) is 5.75 Å². The van der Waals surface area contributed by atoms with Crippen molar-refractivity contribution in [1.82, 2.24) is 0 Å². The van der Waals surface area contributed by atoms with Gasteiger partial charge in [-0.25, -0.2) is 0 Å². The topological polar surface area (TPSA) is 55.6 Å². The van der Waals surface area contributed by atoms with E-state index in [4.69, 9.17) is 22.1 Å². The van der Waals surface area contributed by atoms with Crippen molar-refractivity contribution < 1.29 is 9.53 Å². The van der Waals surface area contributed by atoms with Gasteiger partial charge in [-0.1, -0.05) is 11.6 Å². The predicted molar refractivity (Wildman–Crippen MR) is 65.1 cm³/mol. The van der Waals surface area contributed by atoms with Gasteiger partial charge in [0.05, 0.1) is 18.2 Å². The monoisotopic (exact) mass is 242 g/mol. The van der Waals surface area contributed by atoms with Crippen LogP contribution in [0, 0.1) is 0 Å². The number of amides is 1. The SMILES string of the molecule is CCOc1ccc(N(C)CC(N)=O)cc1Cl. The third-order valence-corrected chi connectivity index (χ3v) is 2.34. The number of ether oxygens (including phenoxy) is 1. The van der Waals surface area contributed by atoms with E-state index in [0.29, 0.717) is 17.4 Å². The van der Waals surface area contributed by atoms with Gasteiger partial charge in [-0.15, -0.1) is 0 Å². The molecule has 88 valence electrons. The van der Waals surface area contributed by atoms with Crippen LogP contribution >= 0.6 is 11.6 Å². The minimum absolute atomic E-state index is 0.157. The molecule has 0 heterocycles. The maximum atomic E-state index is 10.8. The van der Waals surface area contributed by atoms with E-state index in [2.05, 4.69) is 0 Å². The second-order valence-electron chi connectivity index (χ2n) is 3.37. The highest BCUT2D eigenvalue weighted by Crippen LogP contribution is 2.28. The van der Waals surface area contributed by atoms with E-state index in [9.17, 15) is 4.79 Å². The van der Waals surface area contributed by atoms with E-state index in [-0.39, 0.29) is 12.5 Å². The van der Waals surface area contributed by atoms with Gasteiger partial charge in [0.25, 0.3) is 0 Å². The largest absolute Gasteiger partial charge is 0.492 e. The van der Waals surface area contributed by atoms with Crippen molar-refractivity contribution in [1.29, 1.82) is 0 Å². The molecule has 0 aliphatic rings. The summed E-state index contributed by atoms with van der Waals surface area (Å²) in [6.45, 7) is 2.62. The van der Waals surface area contributed by atoms with E-state index in [0.717, 1.165) is 5.69 Å². The lowest BCUT2D eigenvalue weighted by molar-refractivity contribution is -0.116. The van der Waals surface area contributed by atoms with Crippen LogP contribution in [0.1, 0.15) is 6.92 Å². The van der Waals surface area contributed by atoms with Gasteiger partial charge in [0, 0.05) is 12.7 Å². The third kappa shape index (κ3) is 3.31. The van der Waals surface area contributed by atoms with E-state index in [1.165, 1.54) is 0 Å². The lowest BCUT2D eigenvalue weighted by Crippen LogP contribution is -2.30. The Morgan fingerprint density at radius 3 is 2.75 bits per heavy atom. The van der Waals surface area contributed by atoms with Crippen LogP contribution in [0.15, 0.2) is 18.2 Å². The molecule has 1 aromatic rings. The van der Waals surface area contributed by atoms with E-state index >= 15 is 0 Å². The summed E-state index contributed by atoms with van der Waals surface area (Å²) in [6.07, 6.45) is 0. The number of likely N-dealkylation sites (N-methyl/N-ethyl adjacent to an activating group) is 1. The van der Waals surface area contributed by atoms with Crippen molar-refractivity contribution in [3.05, 3.63) is 23.2 Å². The second kappa shape index (κ2) is 5.61. The van der Waals surface area contributed by atoms with Gasteiger partial charge >= 0.3 is 0 Å². The van der Waals surface area contributed by atoms with Crippen LogP contribution in [0.4, 0.5) is 5.69 Å². The summed E-state index contributed by atoms with van der Waals surface area (Å²) in [6, 6.07) is 5.36. The summed E-state index contributed by atoms with van der Waals surface area (Å²) < 4.78 is 5.31. The summed E-state index contributed by atoms with van der Waals surface area (Å²) in [5, 5.41) is 0.524. The van der Waals surface area contributed by atoms with Gasteiger partial charge in [0.15, 0.2) is 0 Å². The first-order chi connectivity index (χ1) is 7.54. The van der Waals surface area contributed by atoms with Crippen LogP contribution in [0.5, 0.6) is 5.75 Å². The predicted octanol–water partition coefficient (Wildman–Crippen LogP) is 1.66. The molecule has 0 bridgehead atoms. The molecule has 0 atom stereocenters. The Morgan fingerprint density at radius 2 is 2.25 bits per heavy atom. The van der Waals surface area contributed by atoms with Crippen molar-refractivity contribution >= 4 is 23.2 Å². The molecule has 1 amide bonds. The molecular formula is C11H15ClN2O2. The number of primary amides is 1. The molecule has 0 aliphatic heterocycles. The second-order valence-corrected chi connectivity index (χ2v) is 3.78. The molecule has 0 saturated carbocycles. The minimum Gasteiger partial charge on any atom is -0.492 e. The summed E-state index contributed by atoms with van der Waals surface area (Å²) in [7, 11) is 1.77. The quantitative estimate of drug-likeness (QED) is 0.855. The van der Waals surface area contributed by atoms with Gasteiger partial charge in [-0.05, 0) is 25.1 Å². The molecule has 0 aliphatic carbocycles. The van der Waals surface area contributed by atoms with Gasteiger partial charge in [-0.3, -0.25) is 4.79 Å². The number of anilines is 1. The highest BCUT2D eigenvalue weighted by atomic mass is 35.5. The van der Waals surface area contributed by atoms with Crippen molar-refractivity contribution in [2.75, 3.05) is 25.1 Å². The first kappa shape index (κ1) is 12.6. The fraction of sp³-hybridized carbons (Fsp3) is 0.364. The first-order valence-corrected chi connectivity index (χ1v) is 5.34. The van der Waals surface area contributed by atoms with Crippen LogP contribution in [-0.4, -0.2) is 26.1 Å². The standard InChI is InChI=1S/C11H15ClN2O2/c1-3-16-10-5-4-8(6-9(10)12)14(2)7-11(13)15/h4-6H,3,7H2,1-2H3,(H2,13,15). The molecule has 5 heteroatoms. The minimum atomic E-state index is -0.382. The first-order valence-electron chi connectivity index (χ1n) is 4.96. The molecule has 1 aromatic carbocycles. The molecule has 0 radical (unpaired) electrons. The summed E-state index contributed by atoms with van der Waals surface area (Å²) in [5.74, 6) is 0.257. The molecule has 0 fully saturated rings. The van der Waals surface area contributed by atoms with Gasteiger partial charge < -0.3 is 15.4 Å². The normalized spacial score (nSPS) is 9.94. The Labute approximate surface area is 99.9 Å². The molecule has 0 aromatic heterocycles. The van der Waals surface area contributed by atoms with Gasteiger partial charge in [-0.2, -0.15) is 0 Å². The van der Waals surface area contributed by atoms with Crippen LogP contribution in [-0.2, 0) is 4.79 Å². The number of nitrogens with two attached hydrogens (primary N) is 1. The van der Waals surface area contributed by atoms with E-state index < -0.39 is 0 Å². The molecule has 0 unspecified atom stereocenters. The lowest BCUT2D eigenvalue weighted by Gasteiger charge is -2.18. The average molecular weight is 243 g/mol. The maximum absolute atomic E-state index is 10.8. The molecular weight excluding hydrogens is 228 g/mol. The highest BCUT2D eigenvalue weighted by molar-refractivity contribution is 6.32. The Balaban J connectivity index is 2.83. The van der Waals surface area contributed by atoms with Gasteiger partial charge in [0.2, 0.25) is 5.91 Å². The van der Waals surface area contributed by atoms with Crippen molar-refractivity contribution in [3.8, 4) is 5.75 Å². The number of hydrogen-bond donors (Lipinski definition) is 1. The molecule has 4 nitrogen and oxygen atoms in total. The number of benzene rings is 1. The van der Waals surface area contributed by atoms with Crippen molar-refractivity contribution in [2.24, 2.45) is 5.73 Å². The Kier molecular flexibility index (Phi) is 4.43. The smallest absolute Gasteiger partial charge is 0.236 e. The molecule has 2 N–H and O–H groups in total. The number of carbonyl (C=O) groups is 1. The van der Waals surface area contributed by atoms with Crippen molar-refractivity contribution in [2.45, 2.75) is 6.92 Å². The Bertz CT molecular complexity index is 382. The van der Waals surface area contributed by atoms with Crippen LogP contribution in [0.2, 0.25) is 5.02 Å². The summed E-state index contributed by atoms with van der Waals surface area (Å²) >= 11 is 6.02. The highest BCUT2D eigenvalue weighted by Gasteiger charge is 2.07. The molecule has 16 heavy (non-hydrogen) atoms. The molecule has 1 rings (SSSR count). The zero-order valence-corrected chi connectivity index (χ0v) is 10.1. The Hall–Kier alpha value is -1.42. The van der Waals surface area contributed by atoms with Crippen LogP contribution < -0.4 is 15.4 Å². The zero-order chi connectivity index (χ0) is 12.1. The van der Waals surface area contributed by atoms with E-state index in [1.807, 2.05) is 13.0 Å². The van der Waals surface area contributed by atoms with Crippen LogP contribution in [0.3, 0.4) is 0 Å². The number of carbonyl (C=O) groups excluding carboxylic acids is 1.